The summed E-state index contributed by atoms with van der Waals surface area (Å²) in [6.45, 7) is 1.47. The van der Waals surface area contributed by atoms with E-state index in [1.165, 1.54) is 0 Å². The average Bonchev–Trinajstić information content (AvgIpc) is 2.67. The summed E-state index contributed by atoms with van der Waals surface area (Å²) < 4.78 is 9.94. The first-order valence-corrected chi connectivity index (χ1v) is 8.43. The van der Waals surface area contributed by atoms with Crippen molar-refractivity contribution < 1.29 is 23.9 Å². The molecule has 0 heterocycles. The van der Waals surface area contributed by atoms with Crippen LogP contribution < -0.4 is 15.4 Å². The number of carbonyl (C=O) groups excluding carboxylic acids is 3. The first-order chi connectivity index (χ1) is 13.0. The van der Waals surface area contributed by atoms with Gasteiger partial charge in [-0.3, -0.25) is 14.4 Å². The fraction of sp³-hybridized carbons (Fsp3) is 0.250. The Morgan fingerprint density at radius 3 is 2.26 bits per heavy atom. The predicted octanol–water partition coefficient (Wildman–Crippen LogP) is 2.90. The van der Waals surface area contributed by atoms with E-state index < -0.39 is 18.5 Å². The number of benzene rings is 2. The van der Waals surface area contributed by atoms with Crippen LogP contribution >= 0.6 is 0 Å². The van der Waals surface area contributed by atoms with E-state index in [9.17, 15) is 14.4 Å². The summed E-state index contributed by atoms with van der Waals surface area (Å²) in [4.78, 5) is 35.4. The fourth-order valence-electron chi connectivity index (χ4n) is 2.23. The quantitative estimate of drug-likeness (QED) is 0.697. The Kier molecular flexibility index (Phi) is 7.37. The van der Waals surface area contributed by atoms with Gasteiger partial charge in [-0.1, -0.05) is 18.2 Å². The van der Waals surface area contributed by atoms with Crippen molar-refractivity contribution in [3.8, 4) is 5.75 Å². The number of rotatable bonds is 8. The fourth-order valence-corrected chi connectivity index (χ4v) is 2.23. The molecule has 27 heavy (non-hydrogen) atoms. The van der Waals surface area contributed by atoms with Crippen molar-refractivity contribution in [2.45, 2.75) is 19.8 Å². The van der Waals surface area contributed by atoms with Crippen LogP contribution in [0.25, 0.3) is 0 Å². The van der Waals surface area contributed by atoms with E-state index in [-0.39, 0.29) is 18.7 Å². The van der Waals surface area contributed by atoms with Crippen LogP contribution in [0, 0.1) is 6.92 Å². The number of amides is 2. The molecular formula is C20H22N2O5. The minimum Gasteiger partial charge on any atom is -0.497 e. The van der Waals surface area contributed by atoms with Crippen molar-refractivity contribution in [2.75, 3.05) is 24.4 Å². The van der Waals surface area contributed by atoms with Gasteiger partial charge in [-0.15, -0.1) is 0 Å². The molecule has 2 aromatic rings. The molecule has 0 spiro atoms. The third-order valence-corrected chi connectivity index (χ3v) is 3.71. The van der Waals surface area contributed by atoms with Crippen LogP contribution in [0.5, 0.6) is 5.75 Å². The monoisotopic (exact) mass is 370 g/mol. The number of hydrogen-bond donors (Lipinski definition) is 2. The van der Waals surface area contributed by atoms with Gasteiger partial charge in [0, 0.05) is 17.8 Å². The number of methoxy groups -OCH3 is 1. The van der Waals surface area contributed by atoms with Crippen LogP contribution in [-0.2, 0) is 19.1 Å². The number of nitrogens with one attached hydrogen (secondary N) is 2. The Bertz CT molecular complexity index is 802. The lowest BCUT2D eigenvalue weighted by Crippen LogP contribution is -2.22. The van der Waals surface area contributed by atoms with Gasteiger partial charge in [0.15, 0.2) is 6.61 Å². The topological polar surface area (TPSA) is 93.7 Å². The maximum Gasteiger partial charge on any atom is 0.306 e. The van der Waals surface area contributed by atoms with Crippen LogP contribution in [0.4, 0.5) is 11.4 Å². The second-order valence-corrected chi connectivity index (χ2v) is 5.80. The second-order valence-electron chi connectivity index (χ2n) is 5.80. The zero-order valence-corrected chi connectivity index (χ0v) is 15.3. The first-order valence-electron chi connectivity index (χ1n) is 8.43. The van der Waals surface area contributed by atoms with Crippen LogP contribution in [0.1, 0.15) is 18.4 Å². The van der Waals surface area contributed by atoms with Crippen molar-refractivity contribution in [1.82, 2.24) is 0 Å². The van der Waals surface area contributed by atoms with Gasteiger partial charge in [0.1, 0.15) is 5.75 Å². The molecule has 0 unspecified atom stereocenters. The number of hydrogen-bond acceptors (Lipinski definition) is 5. The van der Waals surface area contributed by atoms with Crippen LogP contribution in [-0.4, -0.2) is 31.5 Å². The van der Waals surface area contributed by atoms with E-state index in [0.717, 1.165) is 5.56 Å². The zero-order valence-electron chi connectivity index (χ0n) is 15.3. The highest BCUT2D eigenvalue weighted by Crippen LogP contribution is 2.15. The Hall–Kier alpha value is -3.35. The van der Waals surface area contributed by atoms with E-state index in [2.05, 4.69) is 10.6 Å². The molecule has 2 rings (SSSR count). The molecule has 2 amide bonds. The molecular weight excluding hydrogens is 348 g/mol. The summed E-state index contributed by atoms with van der Waals surface area (Å²) in [6, 6.07) is 14.1. The van der Waals surface area contributed by atoms with Gasteiger partial charge in [0.05, 0.1) is 13.5 Å². The summed E-state index contributed by atoms with van der Waals surface area (Å²) in [7, 11) is 1.56. The van der Waals surface area contributed by atoms with E-state index in [4.69, 9.17) is 9.47 Å². The molecule has 0 atom stereocenters. The van der Waals surface area contributed by atoms with E-state index in [1.807, 2.05) is 19.1 Å². The third kappa shape index (κ3) is 6.81. The number of para-hydroxylation sites is 1. The molecule has 0 saturated heterocycles. The standard InChI is InChI=1S/C20H22N2O5/c1-14-5-3-4-6-17(14)22-19(24)13-27-20(25)12-11-18(23)21-15-7-9-16(26-2)10-8-15/h3-10H,11-13H2,1-2H3,(H,21,23)(H,22,24). The lowest BCUT2D eigenvalue weighted by atomic mass is 10.2. The average molecular weight is 370 g/mol. The molecule has 0 radical (unpaired) electrons. The summed E-state index contributed by atoms with van der Waals surface area (Å²) in [6.07, 6.45) is -0.149. The Morgan fingerprint density at radius 1 is 0.889 bits per heavy atom. The van der Waals surface area contributed by atoms with Crippen LogP contribution in [0.15, 0.2) is 48.5 Å². The second kappa shape index (κ2) is 9.96. The van der Waals surface area contributed by atoms with Gasteiger partial charge in [-0.2, -0.15) is 0 Å². The van der Waals surface area contributed by atoms with Gasteiger partial charge >= 0.3 is 5.97 Å². The van der Waals surface area contributed by atoms with Crippen molar-refractivity contribution in [3.63, 3.8) is 0 Å². The van der Waals surface area contributed by atoms with Gasteiger partial charge in [0.2, 0.25) is 5.91 Å². The Morgan fingerprint density at radius 2 is 1.59 bits per heavy atom. The maximum atomic E-state index is 11.9. The number of ether oxygens (including phenoxy) is 2. The molecule has 2 N–H and O–H groups in total. The summed E-state index contributed by atoms with van der Waals surface area (Å²) >= 11 is 0. The molecule has 7 heteroatoms. The molecule has 0 aliphatic carbocycles. The normalized spacial score (nSPS) is 10.0. The molecule has 7 nitrogen and oxygen atoms in total. The highest BCUT2D eigenvalue weighted by Gasteiger charge is 2.11. The van der Waals surface area contributed by atoms with Crippen molar-refractivity contribution in [2.24, 2.45) is 0 Å². The highest BCUT2D eigenvalue weighted by molar-refractivity contribution is 5.94. The van der Waals surface area contributed by atoms with E-state index >= 15 is 0 Å². The molecule has 0 aliphatic heterocycles. The Balaban J connectivity index is 1.68. The van der Waals surface area contributed by atoms with Crippen molar-refractivity contribution in [3.05, 3.63) is 54.1 Å². The number of anilines is 2. The van der Waals surface area contributed by atoms with Crippen molar-refractivity contribution in [1.29, 1.82) is 0 Å². The molecule has 0 aromatic heterocycles. The van der Waals surface area contributed by atoms with Crippen LogP contribution in [0.3, 0.4) is 0 Å². The lowest BCUT2D eigenvalue weighted by molar-refractivity contribution is -0.147. The summed E-state index contributed by atoms with van der Waals surface area (Å²) in [5.41, 5.74) is 2.18. The van der Waals surface area contributed by atoms with Gasteiger partial charge in [0.25, 0.3) is 5.91 Å². The largest absolute Gasteiger partial charge is 0.497 e. The molecule has 0 aliphatic rings. The maximum absolute atomic E-state index is 11.9. The van der Waals surface area contributed by atoms with Gasteiger partial charge in [-0.05, 0) is 42.8 Å². The van der Waals surface area contributed by atoms with E-state index in [1.54, 1.807) is 43.5 Å². The zero-order chi connectivity index (χ0) is 19.6. The predicted molar refractivity (Wildman–Crippen MR) is 102 cm³/mol. The lowest BCUT2D eigenvalue weighted by Gasteiger charge is -2.09. The molecule has 2 aromatic carbocycles. The minimum atomic E-state index is -0.611. The molecule has 0 saturated carbocycles. The number of esters is 1. The summed E-state index contributed by atoms with van der Waals surface area (Å²) in [5, 5.41) is 5.34. The molecule has 0 fully saturated rings. The molecule has 0 bridgehead atoms. The Labute approximate surface area is 157 Å². The van der Waals surface area contributed by atoms with Gasteiger partial charge in [-0.25, -0.2) is 0 Å². The third-order valence-electron chi connectivity index (χ3n) is 3.71. The highest BCUT2D eigenvalue weighted by atomic mass is 16.5. The number of aryl methyl sites for hydroxylation is 1. The SMILES string of the molecule is COc1ccc(NC(=O)CCC(=O)OCC(=O)Nc2ccccc2C)cc1. The number of carbonyl (C=O) groups is 3. The molecule has 142 valence electrons. The van der Waals surface area contributed by atoms with Gasteiger partial charge < -0.3 is 20.1 Å². The van der Waals surface area contributed by atoms with E-state index in [0.29, 0.717) is 17.1 Å². The smallest absolute Gasteiger partial charge is 0.306 e. The first kappa shape index (κ1) is 20.0. The van der Waals surface area contributed by atoms with Crippen LogP contribution in [0.2, 0.25) is 0 Å². The minimum absolute atomic E-state index is 0.0374. The summed E-state index contributed by atoms with van der Waals surface area (Å²) in [5.74, 6) is -0.679. The van der Waals surface area contributed by atoms with Crippen molar-refractivity contribution >= 4 is 29.2 Å².